The number of aliphatic imine (C=N–C) groups is 1. The van der Waals surface area contributed by atoms with Gasteiger partial charge in [0, 0.05) is 24.1 Å². The summed E-state index contributed by atoms with van der Waals surface area (Å²) in [6.07, 6.45) is 0. The molecule has 0 saturated carbocycles. The monoisotopic (exact) mass is 451 g/mol. The lowest BCUT2D eigenvalue weighted by atomic mass is 10.2. The van der Waals surface area contributed by atoms with Gasteiger partial charge in [-0.2, -0.15) is 11.8 Å². The van der Waals surface area contributed by atoms with E-state index in [0.717, 1.165) is 29.6 Å². The van der Waals surface area contributed by atoms with Crippen molar-refractivity contribution in [2.75, 3.05) is 38.8 Å². The van der Waals surface area contributed by atoms with Gasteiger partial charge in [-0.1, -0.05) is 0 Å². The number of amides is 2. The molecule has 2 amide bonds. The Morgan fingerprint density at radius 3 is 2.73 bits per heavy atom. The van der Waals surface area contributed by atoms with Crippen LogP contribution in [0.25, 0.3) is 0 Å². The summed E-state index contributed by atoms with van der Waals surface area (Å²) in [7, 11) is 1.78. The van der Waals surface area contributed by atoms with Gasteiger partial charge in [-0.3, -0.25) is 9.71 Å². The SMILES string of the molecule is CNC(=O)Nc1ccc2c(c1)S(=O)(=O)NC2=NCCSCc1ccc(CN(C)C)o1. The Bertz CT molecular complexity index is 1050. The number of sulfonamides is 1. The summed E-state index contributed by atoms with van der Waals surface area (Å²) in [4.78, 5) is 18.0. The third-order valence-corrected chi connectivity index (χ3v) is 6.52. The van der Waals surface area contributed by atoms with E-state index >= 15 is 0 Å². The van der Waals surface area contributed by atoms with Crippen molar-refractivity contribution in [3.05, 3.63) is 47.4 Å². The Hall–Kier alpha value is -2.50. The molecule has 0 saturated heterocycles. The summed E-state index contributed by atoms with van der Waals surface area (Å²) >= 11 is 1.67. The standard InChI is InChI=1S/C19H25N5O4S2/c1-20-19(25)22-13-4-7-16-17(10-13)30(26,27)23-18(16)21-8-9-29-12-15-6-5-14(28-15)11-24(2)3/h4-7,10H,8-9,11-12H2,1-3H3,(H,21,23)(H2,20,22,25). The maximum absolute atomic E-state index is 12.4. The minimum absolute atomic E-state index is 0.104. The highest BCUT2D eigenvalue weighted by Crippen LogP contribution is 2.26. The molecule has 0 aliphatic carbocycles. The number of carbonyl (C=O) groups is 1. The number of urea groups is 1. The van der Waals surface area contributed by atoms with Crippen LogP contribution in [-0.2, 0) is 22.3 Å². The molecule has 0 spiro atoms. The molecule has 0 radical (unpaired) electrons. The normalized spacial score (nSPS) is 15.8. The summed E-state index contributed by atoms with van der Waals surface area (Å²) in [5.41, 5.74) is 0.893. The van der Waals surface area contributed by atoms with Gasteiger partial charge >= 0.3 is 6.03 Å². The van der Waals surface area contributed by atoms with Crippen molar-refractivity contribution in [1.29, 1.82) is 0 Å². The lowest BCUT2D eigenvalue weighted by Crippen LogP contribution is -2.24. The Morgan fingerprint density at radius 2 is 2.00 bits per heavy atom. The number of thioether (sulfide) groups is 1. The van der Waals surface area contributed by atoms with E-state index in [2.05, 4.69) is 20.3 Å². The van der Waals surface area contributed by atoms with Crippen LogP contribution >= 0.6 is 11.8 Å². The first-order valence-corrected chi connectivity index (χ1v) is 11.9. The maximum Gasteiger partial charge on any atom is 0.318 e. The highest BCUT2D eigenvalue weighted by Gasteiger charge is 2.31. The van der Waals surface area contributed by atoms with Gasteiger partial charge in [0.05, 0.1) is 18.8 Å². The third kappa shape index (κ3) is 5.55. The van der Waals surface area contributed by atoms with Crippen LogP contribution < -0.4 is 15.4 Å². The molecule has 1 aliphatic rings. The molecule has 1 aromatic heterocycles. The minimum atomic E-state index is -3.69. The van der Waals surface area contributed by atoms with E-state index in [1.165, 1.54) is 13.1 Å². The topological polar surface area (TPSA) is 116 Å². The van der Waals surface area contributed by atoms with Crippen LogP contribution in [0.2, 0.25) is 0 Å². The molecule has 3 N–H and O–H groups in total. The van der Waals surface area contributed by atoms with Crippen molar-refractivity contribution >= 4 is 39.3 Å². The van der Waals surface area contributed by atoms with Gasteiger partial charge in [-0.25, -0.2) is 13.2 Å². The summed E-state index contributed by atoms with van der Waals surface area (Å²) in [6.45, 7) is 1.23. The second-order valence-electron chi connectivity index (χ2n) is 6.91. The smallest absolute Gasteiger partial charge is 0.318 e. The molecule has 1 aliphatic heterocycles. The first-order valence-electron chi connectivity index (χ1n) is 9.29. The predicted octanol–water partition coefficient (Wildman–Crippen LogP) is 2.06. The van der Waals surface area contributed by atoms with Gasteiger partial charge in [-0.05, 0) is 44.4 Å². The number of amidine groups is 1. The summed E-state index contributed by atoms with van der Waals surface area (Å²) in [6, 6.07) is 8.24. The van der Waals surface area contributed by atoms with Crippen molar-refractivity contribution in [1.82, 2.24) is 14.9 Å². The summed E-state index contributed by atoms with van der Waals surface area (Å²) in [5.74, 6) is 3.62. The molecular formula is C19H25N5O4S2. The van der Waals surface area contributed by atoms with E-state index < -0.39 is 16.1 Å². The molecule has 0 fully saturated rings. The number of hydrogen-bond acceptors (Lipinski definition) is 7. The zero-order chi connectivity index (χ0) is 21.7. The fourth-order valence-electron chi connectivity index (χ4n) is 2.86. The molecule has 2 heterocycles. The average Bonchev–Trinajstić information content (AvgIpc) is 3.22. The van der Waals surface area contributed by atoms with Gasteiger partial charge < -0.3 is 20.0 Å². The third-order valence-electron chi connectivity index (χ3n) is 4.18. The molecule has 11 heteroatoms. The van der Waals surface area contributed by atoms with Gasteiger partial charge in [0.25, 0.3) is 10.0 Å². The molecule has 0 unspecified atom stereocenters. The number of carbonyl (C=O) groups excluding carboxylic acids is 1. The lowest BCUT2D eigenvalue weighted by molar-refractivity contribution is 0.254. The Labute approximate surface area is 180 Å². The van der Waals surface area contributed by atoms with Crippen molar-refractivity contribution in [3.63, 3.8) is 0 Å². The zero-order valence-corrected chi connectivity index (χ0v) is 18.7. The van der Waals surface area contributed by atoms with Crippen LogP contribution in [0.15, 0.2) is 44.6 Å². The molecule has 9 nitrogen and oxygen atoms in total. The molecule has 162 valence electrons. The predicted molar refractivity (Wildman–Crippen MR) is 119 cm³/mol. The Kier molecular flexibility index (Phi) is 7.06. The van der Waals surface area contributed by atoms with Gasteiger partial charge in [-0.15, -0.1) is 0 Å². The summed E-state index contributed by atoms with van der Waals surface area (Å²) < 4.78 is 33.0. The molecule has 3 rings (SSSR count). The van der Waals surface area contributed by atoms with Crippen LogP contribution in [0, 0.1) is 0 Å². The molecule has 2 aromatic rings. The molecule has 0 bridgehead atoms. The van der Waals surface area contributed by atoms with E-state index in [0.29, 0.717) is 23.6 Å². The number of anilines is 1. The lowest BCUT2D eigenvalue weighted by Gasteiger charge is -2.05. The highest BCUT2D eigenvalue weighted by molar-refractivity contribution is 7.98. The zero-order valence-electron chi connectivity index (χ0n) is 17.1. The minimum Gasteiger partial charge on any atom is -0.464 e. The van der Waals surface area contributed by atoms with E-state index in [1.54, 1.807) is 23.9 Å². The number of fused-ring (bicyclic) bond motifs is 1. The van der Waals surface area contributed by atoms with Gasteiger partial charge in [0.15, 0.2) is 0 Å². The van der Waals surface area contributed by atoms with Crippen LogP contribution in [0.3, 0.4) is 0 Å². The molecule has 30 heavy (non-hydrogen) atoms. The number of hydrogen-bond donors (Lipinski definition) is 3. The second kappa shape index (κ2) is 9.54. The Balaban J connectivity index is 1.57. The number of furan rings is 1. The first kappa shape index (κ1) is 22.2. The largest absolute Gasteiger partial charge is 0.464 e. The van der Waals surface area contributed by atoms with Crippen LogP contribution in [0.4, 0.5) is 10.5 Å². The Morgan fingerprint density at radius 1 is 1.23 bits per heavy atom. The fraction of sp³-hybridized carbons (Fsp3) is 0.368. The second-order valence-corrected chi connectivity index (χ2v) is 9.67. The van der Waals surface area contributed by atoms with E-state index in [1.807, 2.05) is 31.1 Å². The summed E-state index contributed by atoms with van der Waals surface area (Å²) in [5, 5.41) is 4.99. The van der Waals surface area contributed by atoms with Gasteiger partial charge in [0.2, 0.25) is 0 Å². The molecule has 1 aromatic carbocycles. The number of benzene rings is 1. The van der Waals surface area contributed by atoms with E-state index in [4.69, 9.17) is 4.42 Å². The van der Waals surface area contributed by atoms with Crippen LogP contribution in [-0.4, -0.2) is 58.6 Å². The van der Waals surface area contributed by atoms with E-state index in [-0.39, 0.29) is 4.90 Å². The highest BCUT2D eigenvalue weighted by atomic mass is 32.2. The quantitative estimate of drug-likeness (QED) is 0.529. The van der Waals surface area contributed by atoms with Crippen LogP contribution in [0.1, 0.15) is 17.1 Å². The first-order chi connectivity index (χ1) is 14.3. The van der Waals surface area contributed by atoms with Crippen molar-refractivity contribution in [3.8, 4) is 0 Å². The maximum atomic E-state index is 12.4. The van der Waals surface area contributed by atoms with Crippen molar-refractivity contribution < 1.29 is 17.6 Å². The van der Waals surface area contributed by atoms with E-state index in [9.17, 15) is 13.2 Å². The van der Waals surface area contributed by atoms with Crippen molar-refractivity contribution in [2.24, 2.45) is 4.99 Å². The number of rotatable bonds is 8. The fourth-order valence-corrected chi connectivity index (χ4v) is 4.85. The van der Waals surface area contributed by atoms with Crippen LogP contribution in [0.5, 0.6) is 0 Å². The van der Waals surface area contributed by atoms with Gasteiger partial charge in [0.1, 0.15) is 22.3 Å². The number of nitrogens with one attached hydrogen (secondary N) is 3. The molecule has 0 atom stereocenters. The van der Waals surface area contributed by atoms with Crippen molar-refractivity contribution in [2.45, 2.75) is 17.2 Å². The number of nitrogens with zero attached hydrogens (tertiary/aromatic N) is 2. The molecular weight excluding hydrogens is 426 g/mol. The average molecular weight is 452 g/mol.